The third kappa shape index (κ3) is 4.43. The SMILES string of the molecule is Cc1nn(C[C@H]2CC[C@H](C(=O)N3OCC[C@H]3c3cc(F)cc(C#N)c3)CC2)c2cc(C#N)cc(F)c12. The minimum Gasteiger partial charge on any atom is -0.272 e. The lowest BCUT2D eigenvalue weighted by atomic mass is 9.81. The van der Waals surface area contributed by atoms with Gasteiger partial charge in [-0.2, -0.15) is 15.6 Å². The molecule has 2 aromatic carbocycles. The molecule has 1 aliphatic heterocycles. The van der Waals surface area contributed by atoms with E-state index in [1.807, 2.05) is 12.1 Å². The summed E-state index contributed by atoms with van der Waals surface area (Å²) in [6.07, 6.45) is 3.50. The highest BCUT2D eigenvalue weighted by Crippen LogP contribution is 2.37. The zero-order chi connectivity index (χ0) is 25.4. The summed E-state index contributed by atoms with van der Waals surface area (Å²) >= 11 is 0. The second kappa shape index (κ2) is 9.67. The van der Waals surface area contributed by atoms with Gasteiger partial charge in [0.25, 0.3) is 0 Å². The van der Waals surface area contributed by atoms with Crippen LogP contribution in [-0.2, 0) is 16.2 Å². The summed E-state index contributed by atoms with van der Waals surface area (Å²) in [5.74, 6) is -0.999. The molecule has 1 amide bonds. The van der Waals surface area contributed by atoms with Crippen LogP contribution in [0.5, 0.6) is 0 Å². The number of rotatable bonds is 4. The molecule has 9 heteroatoms. The summed E-state index contributed by atoms with van der Waals surface area (Å²) in [6.45, 7) is 2.70. The number of benzene rings is 2. The Morgan fingerprint density at radius 3 is 2.50 bits per heavy atom. The van der Waals surface area contributed by atoms with Crippen LogP contribution in [0.15, 0.2) is 30.3 Å². The monoisotopic (exact) mass is 489 g/mol. The van der Waals surface area contributed by atoms with Gasteiger partial charge < -0.3 is 0 Å². The van der Waals surface area contributed by atoms with E-state index in [1.165, 1.54) is 23.3 Å². The number of nitrogens with zero attached hydrogens (tertiary/aromatic N) is 5. The van der Waals surface area contributed by atoms with Crippen LogP contribution in [0.3, 0.4) is 0 Å². The van der Waals surface area contributed by atoms with Gasteiger partial charge in [0.05, 0.1) is 52.5 Å². The fraction of sp³-hybridized carbons (Fsp3) is 0.407. The summed E-state index contributed by atoms with van der Waals surface area (Å²) in [6, 6.07) is 10.6. The van der Waals surface area contributed by atoms with Crippen molar-refractivity contribution in [2.45, 2.75) is 51.6 Å². The highest BCUT2D eigenvalue weighted by molar-refractivity contribution is 5.84. The van der Waals surface area contributed by atoms with E-state index >= 15 is 0 Å². The number of hydrogen-bond donors (Lipinski definition) is 0. The first-order chi connectivity index (χ1) is 17.4. The van der Waals surface area contributed by atoms with Crippen LogP contribution < -0.4 is 0 Å². The van der Waals surface area contributed by atoms with Crippen LogP contribution in [0, 0.1) is 53.1 Å². The van der Waals surface area contributed by atoms with Crippen LogP contribution >= 0.6 is 0 Å². The fourth-order valence-corrected chi connectivity index (χ4v) is 5.52. The molecule has 2 fully saturated rings. The molecule has 3 aromatic rings. The molecule has 2 heterocycles. The van der Waals surface area contributed by atoms with E-state index < -0.39 is 17.7 Å². The van der Waals surface area contributed by atoms with Crippen molar-refractivity contribution in [3.05, 3.63) is 64.4 Å². The number of aromatic nitrogens is 2. The topological polar surface area (TPSA) is 94.9 Å². The summed E-state index contributed by atoms with van der Waals surface area (Å²) in [7, 11) is 0. The van der Waals surface area contributed by atoms with Crippen LogP contribution in [0.4, 0.5) is 8.78 Å². The maximum atomic E-state index is 14.5. The number of fused-ring (bicyclic) bond motifs is 1. The molecule has 1 aliphatic carbocycles. The molecular weight excluding hydrogens is 464 g/mol. The Hall–Kier alpha value is -3.82. The summed E-state index contributed by atoms with van der Waals surface area (Å²) in [5, 5.41) is 24.7. The van der Waals surface area contributed by atoms with E-state index in [0.29, 0.717) is 54.6 Å². The van der Waals surface area contributed by atoms with Gasteiger partial charge in [0.15, 0.2) is 0 Å². The molecule has 36 heavy (non-hydrogen) atoms. The van der Waals surface area contributed by atoms with Crippen molar-refractivity contribution in [3.8, 4) is 12.1 Å². The number of carbonyl (C=O) groups excluding carboxylic acids is 1. The molecule has 0 spiro atoms. The van der Waals surface area contributed by atoms with Gasteiger partial charge in [-0.1, -0.05) is 0 Å². The Morgan fingerprint density at radius 1 is 1.06 bits per heavy atom. The Morgan fingerprint density at radius 2 is 1.78 bits per heavy atom. The number of aryl methyl sites for hydroxylation is 1. The van der Waals surface area contributed by atoms with Crippen molar-refractivity contribution in [2.75, 3.05) is 6.61 Å². The standard InChI is InChI=1S/C27H25F2N5O2/c1-16-26-23(29)10-19(14-31)11-25(26)33(32-16)15-17-2-4-20(5-3-17)27(35)34-24(6-7-36-34)21-8-18(13-30)9-22(28)12-21/h8-12,17,20,24H,2-7,15H2,1H3/t17-,20-,24-/m0/s1. The van der Waals surface area contributed by atoms with Gasteiger partial charge in [-0.3, -0.25) is 14.3 Å². The average molecular weight is 490 g/mol. The largest absolute Gasteiger partial charge is 0.272 e. The van der Waals surface area contributed by atoms with Crippen molar-refractivity contribution in [1.29, 1.82) is 10.5 Å². The van der Waals surface area contributed by atoms with Crippen LogP contribution in [0.25, 0.3) is 10.9 Å². The Balaban J connectivity index is 1.26. The number of carbonyl (C=O) groups is 1. The third-order valence-corrected chi connectivity index (χ3v) is 7.29. The molecule has 0 unspecified atom stereocenters. The molecule has 0 bridgehead atoms. The van der Waals surface area contributed by atoms with Crippen molar-refractivity contribution < 1.29 is 18.4 Å². The van der Waals surface area contributed by atoms with Gasteiger partial charge in [-0.15, -0.1) is 0 Å². The number of nitriles is 2. The summed E-state index contributed by atoms with van der Waals surface area (Å²) in [5.41, 5.74) is 2.24. The van der Waals surface area contributed by atoms with Crippen LogP contribution in [-0.4, -0.2) is 27.4 Å². The first-order valence-corrected chi connectivity index (χ1v) is 12.1. The second-order valence-electron chi connectivity index (χ2n) is 9.64. The normalized spacial score (nSPS) is 21.9. The van der Waals surface area contributed by atoms with Gasteiger partial charge in [0, 0.05) is 18.9 Å². The minimum atomic E-state index is -0.507. The zero-order valence-electron chi connectivity index (χ0n) is 19.9. The molecule has 184 valence electrons. The van der Waals surface area contributed by atoms with Crippen molar-refractivity contribution >= 4 is 16.8 Å². The molecule has 7 nitrogen and oxygen atoms in total. The Kier molecular flexibility index (Phi) is 6.42. The molecule has 5 rings (SSSR count). The van der Waals surface area contributed by atoms with Crippen molar-refractivity contribution in [1.82, 2.24) is 14.8 Å². The number of hydroxylamine groups is 2. The first kappa shape index (κ1) is 23.9. The number of hydrogen-bond acceptors (Lipinski definition) is 5. The maximum absolute atomic E-state index is 14.5. The van der Waals surface area contributed by atoms with Crippen LogP contribution in [0.2, 0.25) is 0 Å². The van der Waals surface area contributed by atoms with Gasteiger partial charge >= 0.3 is 0 Å². The van der Waals surface area contributed by atoms with E-state index in [2.05, 4.69) is 5.10 Å². The van der Waals surface area contributed by atoms with E-state index in [9.17, 15) is 24.1 Å². The maximum Gasteiger partial charge on any atom is 0.249 e. The lowest BCUT2D eigenvalue weighted by Crippen LogP contribution is -2.37. The molecule has 1 aromatic heterocycles. The van der Waals surface area contributed by atoms with E-state index in [-0.39, 0.29) is 28.9 Å². The van der Waals surface area contributed by atoms with Gasteiger partial charge in [-0.25, -0.2) is 13.8 Å². The molecule has 0 radical (unpaired) electrons. The smallest absolute Gasteiger partial charge is 0.249 e. The third-order valence-electron chi connectivity index (χ3n) is 7.29. The minimum absolute atomic E-state index is 0.111. The van der Waals surface area contributed by atoms with Crippen LogP contribution in [0.1, 0.15) is 60.5 Å². The zero-order valence-corrected chi connectivity index (χ0v) is 19.9. The van der Waals surface area contributed by atoms with Crippen molar-refractivity contribution in [3.63, 3.8) is 0 Å². The fourth-order valence-electron chi connectivity index (χ4n) is 5.52. The highest BCUT2D eigenvalue weighted by atomic mass is 19.1. The summed E-state index contributed by atoms with van der Waals surface area (Å²) in [4.78, 5) is 19.0. The highest BCUT2D eigenvalue weighted by Gasteiger charge is 2.37. The first-order valence-electron chi connectivity index (χ1n) is 12.1. The van der Waals surface area contributed by atoms with E-state index in [4.69, 9.17) is 4.84 Å². The van der Waals surface area contributed by atoms with Gasteiger partial charge in [0.1, 0.15) is 11.6 Å². The van der Waals surface area contributed by atoms with Crippen molar-refractivity contribution in [2.24, 2.45) is 11.8 Å². The second-order valence-corrected chi connectivity index (χ2v) is 9.64. The summed E-state index contributed by atoms with van der Waals surface area (Å²) < 4.78 is 30.3. The Bertz CT molecular complexity index is 1410. The molecule has 1 saturated heterocycles. The molecule has 1 atom stereocenters. The quantitative estimate of drug-likeness (QED) is 0.510. The lowest BCUT2D eigenvalue weighted by molar-refractivity contribution is -0.183. The predicted octanol–water partition coefficient (Wildman–Crippen LogP) is 5.08. The average Bonchev–Trinajstić information content (AvgIpc) is 3.48. The molecule has 1 saturated carbocycles. The molecular formula is C27H25F2N5O2. The van der Waals surface area contributed by atoms with E-state index in [1.54, 1.807) is 23.7 Å². The Labute approximate surface area is 207 Å². The van der Waals surface area contributed by atoms with E-state index in [0.717, 1.165) is 12.8 Å². The lowest BCUT2D eigenvalue weighted by Gasteiger charge is -2.32. The number of halogens is 2. The molecule has 2 aliphatic rings. The van der Waals surface area contributed by atoms with Gasteiger partial charge in [-0.05, 0) is 74.4 Å². The van der Waals surface area contributed by atoms with Gasteiger partial charge in [0.2, 0.25) is 5.91 Å². The number of amides is 1. The predicted molar refractivity (Wildman–Crippen MR) is 126 cm³/mol. The molecule has 0 N–H and O–H groups in total.